The van der Waals surface area contributed by atoms with Crippen molar-refractivity contribution in [2.45, 2.75) is 26.9 Å². The minimum atomic E-state index is -0.851. The SMILES string of the molecule is Cc1cccc(NC(=O)c2ccc(OCc3ccc(CC(=O)O)cc3)cc2)c1C. The van der Waals surface area contributed by atoms with Crippen LogP contribution in [0.25, 0.3) is 0 Å². The summed E-state index contributed by atoms with van der Waals surface area (Å²) in [5.41, 5.74) is 5.23. The van der Waals surface area contributed by atoms with Crippen LogP contribution in [0.3, 0.4) is 0 Å². The zero-order valence-corrected chi connectivity index (χ0v) is 16.4. The van der Waals surface area contributed by atoms with Crippen molar-refractivity contribution in [2.24, 2.45) is 0 Å². The number of carbonyl (C=O) groups is 2. The molecule has 0 saturated carbocycles. The van der Waals surface area contributed by atoms with Crippen LogP contribution in [0.15, 0.2) is 66.7 Å². The van der Waals surface area contributed by atoms with Gasteiger partial charge in [0.1, 0.15) is 12.4 Å². The predicted octanol–water partition coefficient (Wildman–Crippen LogP) is 4.76. The lowest BCUT2D eigenvalue weighted by Crippen LogP contribution is -2.13. The fraction of sp³-hybridized carbons (Fsp3) is 0.167. The van der Waals surface area contributed by atoms with E-state index in [2.05, 4.69) is 5.32 Å². The van der Waals surface area contributed by atoms with Gasteiger partial charge in [0.05, 0.1) is 6.42 Å². The van der Waals surface area contributed by atoms with E-state index in [1.54, 1.807) is 36.4 Å². The van der Waals surface area contributed by atoms with Gasteiger partial charge in [-0.25, -0.2) is 0 Å². The van der Waals surface area contributed by atoms with Crippen molar-refractivity contribution in [1.29, 1.82) is 0 Å². The van der Waals surface area contributed by atoms with Gasteiger partial charge in [0, 0.05) is 11.3 Å². The summed E-state index contributed by atoms with van der Waals surface area (Å²) in [5.74, 6) is -0.363. The van der Waals surface area contributed by atoms with Gasteiger partial charge in [0.15, 0.2) is 0 Å². The number of carboxylic acids is 1. The summed E-state index contributed by atoms with van der Waals surface area (Å²) < 4.78 is 5.75. The van der Waals surface area contributed by atoms with E-state index < -0.39 is 5.97 Å². The maximum Gasteiger partial charge on any atom is 0.307 e. The molecule has 3 rings (SSSR count). The van der Waals surface area contributed by atoms with Gasteiger partial charge in [0.25, 0.3) is 5.91 Å². The number of aryl methyl sites for hydroxylation is 1. The van der Waals surface area contributed by atoms with Gasteiger partial charge < -0.3 is 15.2 Å². The summed E-state index contributed by atoms with van der Waals surface area (Å²) in [4.78, 5) is 23.2. The van der Waals surface area contributed by atoms with E-state index in [0.717, 1.165) is 27.9 Å². The van der Waals surface area contributed by atoms with Crippen molar-refractivity contribution in [3.63, 3.8) is 0 Å². The largest absolute Gasteiger partial charge is 0.489 e. The van der Waals surface area contributed by atoms with Crippen LogP contribution in [-0.2, 0) is 17.8 Å². The number of benzene rings is 3. The second-order valence-corrected chi connectivity index (χ2v) is 6.90. The molecular formula is C24H23NO4. The molecule has 5 nitrogen and oxygen atoms in total. The molecule has 0 atom stereocenters. The number of carboxylic acid groups (broad SMARTS) is 1. The third-order valence-electron chi connectivity index (χ3n) is 4.75. The molecule has 3 aromatic rings. The van der Waals surface area contributed by atoms with Gasteiger partial charge in [-0.3, -0.25) is 9.59 Å². The monoisotopic (exact) mass is 389 g/mol. The standard InChI is InChI=1S/C24H23NO4/c1-16-4-3-5-22(17(16)2)25-24(28)20-10-12-21(13-11-20)29-15-19-8-6-18(7-9-19)14-23(26)27/h3-13H,14-15H2,1-2H3,(H,25,28)(H,26,27). The number of nitrogens with one attached hydrogen (secondary N) is 1. The van der Waals surface area contributed by atoms with E-state index in [1.807, 2.05) is 44.2 Å². The van der Waals surface area contributed by atoms with Crippen molar-refractivity contribution in [1.82, 2.24) is 0 Å². The first-order chi connectivity index (χ1) is 13.9. The highest BCUT2D eigenvalue weighted by Gasteiger charge is 2.09. The second-order valence-electron chi connectivity index (χ2n) is 6.90. The quantitative estimate of drug-likeness (QED) is 0.611. The van der Waals surface area contributed by atoms with Crippen LogP contribution in [0, 0.1) is 13.8 Å². The summed E-state index contributed by atoms with van der Waals surface area (Å²) in [7, 11) is 0. The van der Waals surface area contributed by atoms with Crippen LogP contribution < -0.4 is 10.1 Å². The highest BCUT2D eigenvalue weighted by atomic mass is 16.5. The first kappa shape index (κ1) is 20.1. The maximum atomic E-state index is 12.5. The number of rotatable bonds is 7. The predicted molar refractivity (Wildman–Crippen MR) is 112 cm³/mol. The highest BCUT2D eigenvalue weighted by molar-refractivity contribution is 6.04. The zero-order chi connectivity index (χ0) is 20.8. The average Bonchev–Trinajstić information content (AvgIpc) is 2.71. The van der Waals surface area contributed by atoms with Crippen LogP contribution in [0.1, 0.15) is 32.6 Å². The van der Waals surface area contributed by atoms with Crippen molar-refractivity contribution >= 4 is 17.6 Å². The van der Waals surface area contributed by atoms with Crippen LogP contribution in [-0.4, -0.2) is 17.0 Å². The lowest BCUT2D eigenvalue weighted by molar-refractivity contribution is -0.136. The summed E-state index contributed by atoms with van der Waals surface area (Å²) in [6, 6.07) is 20.1. The fourth-order valence-corrected chi connectivity index (χ4v) is 2.88. The molecule has 0 spiro atoms. The Hall–Kier alpha value is -3.60. The van der Waals surface area contributed by atoms with Crippen molar-refractivity contribution in [3.05, 3.63) is 94.5 Å². The van der Waals surface area contributed by atoms with Gasteiger partial charge in [0.2, 0.25) is 0 Å². The van der Waals surface area contributed by atoms with E-state index in [-0.39, 0.29) is 12.3 Å². The Morgan fingerprint density at radius 3 is 2.21 bits per heavy atom. The van der Waals surface area contributed by atoms with E-state index in [1.165, 1.54) is 0 Å². The molecule has 0 aromatic heterocycles. The lowest BCUT2D eigenvalue weighted by atomic mass is 10.1. The molecule has 0 radical (unpaired) electrons. The smallest absolute Gasteiger partial charge is 0.307 e. The molecular weight excluding hydrogens is 366 g/mol. The zero-order valence-electron chi connectivity index (χ0n) is 16.4. The minimum absolute atomic E-state index is 0.00668. The van der Waals surface area contributed by atoms with E-state index in [0.29, 0.717) is 17.9 Å². The molecule has 0 aliphatic heterocycles. The summed E-state index contributed by atoms with van der Waals surface area (Å²) in [6.07, 6.45) is 0.00668. The summed E-state index contributed by atoms with van der Waals surface area (Å²) in [6.45, 7) is 4.36. The molecule has 0 bridgehead atoms. The van der Waals surface area contributed by atoms with Gasteiger partial charge >= 0.3 is 5.97 Å². The van der Waals surface area contributed by atoms with Crippen molar-refractivity contribution in [3.8, 4) is 5.75 Å². The molecule has 29 heavy (non-hydrogen) atoms. The Balaban J connectivity index is 1.57. The molecule has 0 aliphatic rings. The molecule has 0 fully saturated rings. The first-order valence-electron chi connectivity index (χ1n) is 9.32. The molecule has 3 aromatic carbocycles. The Kier molecular flexibility index (Phi) is 6.29. The van der Waals surface area contributed by atoms with E-state index in [4.69, 9.17) is 9.84 Å². The van der Waals surface area contributed by atoms with Gasteiger partial charge in [-0.2, -0.15) is 0 Å². The van der Waals surface area contributed by atoms with Crippen LogP contribution >= 0.6 is 0 Å². The summed E-state index contributed by atoms with van der Waals surface area (Å²) >= 11 is 0. The number of hydrogen-bond donors (Lipinski definition) is 2. The summed E-state index contributed by atoms with van der Waals surface area (Å²) in [5, 5.41) is 11.7. The van der Waals surface area contributed by atoms with Gasteiger partial charge in [-0.1, -0.05) is 36.4 Å². The van der Waals surface area contributed by atoms with Crippen LogP contribution in [0.5, 0.6) is 5.75 Å². The van der Waals surface area contributed by atoms with Crippen LogP contribution in [0.4, 0.5) is 5.69 Å². The molecule has 0 saturated heterocycles. The fourth-order valence-electron chi connectivity index (χ4n) is 2.88. The van der Waals surface area contributed by atoms with Gasteiger partial charge in [-0.15, -0.1) is 0 Å². The molecule has 5 heteroatoms. The normalized spacial score (nSPS) is 10.4. The average molecular weight is 389 g/mol. The lowest BCUT2D eigenvalue weighted by Gasteiger charge is -2.11. The highest BCUT2D eigenvalue weighted by Crippen LogP contribution is 2.20. The van der Waals surface area contributed by atoms with Crippen LogP contribution in [0.2, 0.25) is 0 Å². The first-order valence-corrected chi connectivity index (χ1v) is 9.32. The number of aliphatic carboxylic acids is 1. The number of ether oxygens (including phenoxy) is 1. The minimum Gasteiger partial charge on any atom is -0.489 e. The van der Waals surface area contributed by atoms with E-state index >= 15 is 0 Å². The molecule has 0 heterocycles. The number of hydrogen-bond acceptors (Lipinski definition) is 3. The Bertz CT molecular complexity index is 1010. The van der Waals surface area contributed by atoms with Crippen molar-refractivity contribution in [2.75, 3.05) is 5.32 Å². The van der Waals surface area contributed by atoms with E-state index in [9.17, 15) is 9.59 Å². The third kappa shape index (κ3) is 5.45. The van der Waals surface area contributed by atoms with Crippen molar-refractivity contribution < 1.29 is 19.4 Å². The Morgan fingerprint density at radius 1 is 0.897 bits per heavy atom. The maximum absolute atomic E-state index is 12.5. The molecule has 0 aliphatic carbocycles. The molecule has 0 unspecified atom stereocenters. The number of anilines is 1. The molecule has 1 amide bonds. The Morgan fingerprint density at radius 2 is 1.55 bits per heavy atom. The number of carbonyl (C=O) groups excluding carboxylic acids is 1. The number of amides is 1. The topological polar surface area (TPSA) is 75.6 Å². The molecule has 2 N–H and O–H groups in total. The Labute approximate surface area is 170 Å². The van der Waals surface area contributed by atoms with Gasteiger partial charge in [-0.05, 0) is 66.4 Å². The molecule has 148 valence electrons. The second kappa shape index (κ2) is 9.06. The third-order valence-corrected chi connectivity index (χ3v) is 4.75.